The molecule has 2 amide bonds. The van der Waals surface area contributed by atoms with E-state index in [2.05, 4.69) is 9.95 Å². The summed E-state index contributed by atoms with van der Waals surface area (Å²) >= 11 is 0. The number of carbonyl (C=O) groups is 2. The van der Waals surface area contributed by atoms with Gasteiger partial charge in [-0.3, -0.25) is 14.5 Å². The molecule has 154 valence electrons. The van der Waals surface area contributed by atoms with Crippen LogP contribution in [-0.2, 0) is 9.53 Å². The molecule has 9 nitrogen and oxygen atoms in total. The zero-order chi connectivity index (χ0) is 21.0. The summed E-state index contributed by atoms with van der Waals surface area (Å²) in [7, 11) is 0. The van der Waals surface area contributed by atoms with Crippen molar-refractivity contribution in [2.24, 2.45) is 5.10 Å². The van der Waals surface area contributed by atoms with Gasteiger partial charge in [0.2, 0.25) is 0 Å². The Bertz CT molecular complexity index is 859. The lowest BCUT2D eigenvalue weighted by Gasteiger charge is -2.27. The first-order chi connectivity index (χ1) is 13.9. The Balaban J connectivity index is 1.64. The van der Waals surface area contributed by atoms with Crippen LogP contribution in [0.25, 0.3) is 4.85 Å². The zero-order valence-electron chi connectivity index (χ0n) is 15.1. The van der Waals surface area contributed by atoms with E-state index in [0.29, 0.717) is 13.1 Å². The molecule has 2 heterocycles. The van der Waals surface area contributed by atoms with Crippen LogP contribution in [-0.4, -0.2) is 68.7 Å². The highest BCUT2D eigenvalue weighted by Crippen LogP contribution is 2.28. The fourth-order valence-electron chi connectivity index (χ4n) is 2.87. The standard InChI is InChI=1S/C17H17F3N6O3/c1-21-9-25-5-4-24(10-23-25)14-3-2-11(6-13(14)18)26-8-12(29-17(26)28)7-22-16(27)15(19)20/h2-3,6,10,12,15H,4-5,7-9H2,(H,22,27)/t12-/m0/s1. The second-order valence-electron chi connectivity index (χ2n) is 6.25. The van der Waals surface area contributed by atoms with Crippen molar-refractivity contribution in [2.75, 3.05) is 42.6 Å². The van der Waals surface area contributed by atoms with Crippen LogP contribution in [0.4, 0.5) is 29.3 Å². The zero-order valence-corrected chi connectivity index (χ0v) is 15.1. The van der Waals surface area contributed by atoms with E-state index < -0.39 is 30.3 Å². The Morgan fingerprint density at radius 2 is 2.21 bits per heavy atom. The van der Waals surface area contributed by atoms with Crippen LogP contribution in [0.5, 0.6) is 0 Å². The third-order valence-electron chi connectivity index (χ3n) is 4.32. The predicted molar refractivity (Wildman–Crippen MR) is 97.0 cm³/mol. The van der Waals surface area contributed by atoms with Crippen LogP contribution in [0.3, 0.4) is 0 Å². The van der Waals surface area contributed by atoms with Gasteiger partial charge in [-0.2, -0.15) is 13.9 Å². The van der Waals surface area contributed by atoms with E-state index in [0.717, 1.165) is 11.0 Å². The van der Waals surface area contributed by atoms with Crippen molar-refractivity contribution in [1.82, 2.24) is 10.3 Å². The third-order valence-corrected chi connectivity index (χ3v) is 4.32. The van der Waals surface area contributed by atoms with Crippen molar-refractivity contribution in [2.45, 2.75) is 12.5 Å². The summed E-state index contributed by atoms with van der Waals surface area (Å²) < 4.78 is 44.1. The van der Waals surface area contributed by atoms with Crippen LogP contribution in [0.2, 0.25) is 0 Å². The molecule has 2 aliphatic heterocycles. The van der Waals surface area contributed by atoms with Gasteiger partial charge in [-0.1, -0.05) is 0 Å². The first kappa shape index (κ1) is 20.2. The maximum Gasteiger partial charge on any atom is 0.414 e. The topological polar surface area (TPSA) is 81.8 Å². The minimum Gasteiger partial charge on any atom is -0.442 e. The summed E-state index contributed by atoms with van der Waals surface area (Å²) in [6.45, 7) is 7.57. The second kappa shape index (κ2) is 8.68. The molecule has 29 heavy (non-hydrogen) atoms. The van der Waals surface area contributed by atoms with Gasteiger partial charge in [0, 0.05) is 6.54 Å². The van der Waals surface area contributed by atoms with E-state index in [9.17, 15) is 22.8 Å². The van der Waals surface area contributed by atoms with E-state index in [1.54, 1.807) is 9.91 Å². The molecule has 1 aromatic carbocycles. The van der Waals surface area contributed by atoms with Crippen LogP contribution in [0.15, 0.2) is 23.3 Å². The molecule has 1 N–H and O–H groups in total. The van der Waals surface area contributed by atoms with E-state index >= 15 is 0 Å². The predicted octanol–water partition coefficient (Wildman–Crippen LogP) is 1.47. The minimum atomic E-state index is -3.16. The monoisotopic (exact) mass is 410 g/mol. The van der Waals surface area contributed by atoms with Gasteiger partial charge in [0.1, 0.15) is 18.3 Å². The molecule has 12 heteroatoms. The number of hydrazone groups is 1. The number of ether oxygens (including phenoxy) is 1. The molecule has 2 aliphatic rings. The van der Waals surface area contributed by atoms with Crippen LogP contribution in [0.1, 0.15) is 0 Å². The van der Waals surface area contributed by atoms with Gasteiger partial charge in [0.05, 0.1) is 31.0 Å². The molecule has 0 saturated carbocycles. The average molecular weight is 410 g/mol. The highest BCUT2D eigenvalue weighted by molar-refractivity contribution is 5.90. The van der Waals surface area contributed by atoms with Gasteiger partial charge in [-0.25, -0.2) is 20.8 Å². The number of hydrogen-bond donors (Lipinski definition) is 1. The van der Waals surface area contributed by atoms with E-state index in [1.807, 2.05) is 5.32 Å². The Morgan fingerprint density at radius 3 is 2.83 bits per heavy atom. The minimum absolute atomic E-state index is 0.0160. The van der Waals surface area contributed by atoms with Crippen molar-refractivity contribution in [3.63, 3.8) is 0 Å². The van der Waals surface area contributed by atoms with Gasteiger partial charge in [-0.05, 0) is 18.2 Å². The molecule has 0 radical (unpaired) electrons. The molecule has 0 spiro atoms. The van der Waals surface area contributed by atoms with E-state index in [4.69, 9.17) is 11.3 Å². The summed E-state index contributed by atoms with van der Waals surface area (Å²) in [4.78, 5) is 28.9. The molecule has 1 saturated heterocycles. The highest BCUT2D eigenvalue weighted by atomic mass is 19.3. The van der Waals surface area contributed by atoms with Crippen molar-refractivity contribution in [3.05, 3.63) is 35.4 Å². The molecule has 0 aromatic heterocycles. The Labute approximate surface area is 164 Å². The van der Waals surface area contributed by atoms with Crippen LogP contribution >= 0.6 is 0 Å². The first-order valence-electron chi connectivity index (χ1n) is 8.61. The first-order valence-corrected chi connectivity index (χ1v) is 8.61. The molecule has 0 bridgehead atoms. The molecular formula is C17H17F3N6O3. The number of rotatable bonds is 6. The number of cyclic esters (lactones) is 1. The molecule has 1 fully saturated rings. The van der Waals surface area contributed by atoms with E-state index in [1.165, 1.54) is 18.5 Å². The van der Waals surface area contributed by atoms with Gasteiger partial charge >= 0.3 is 19.2 Å². The Kier molecular flexibility index (Phi) is 6.06. The Hall–Kier alpha value is -3.49. The lowest BCUT2D eigenvalue weighted by atomic mass is 10.2. The van der Waals surface area contributed by atoms with E-state index in [-0.39, 0.29) is 31.1 Å². The summed E-state index contributed by atoms with van der Waals surface area (Å²) in [6, 6.07) is 4.18. The summed E-state index contributed by atoms with van der Waals surface area (Å²) in [5.41, 5.74) is 0.496. The SMILES string of the molecule is [C-]#[N+]CN1CCN(c2ccc(N3C[C@H](CNC(=O)C(F)F)OC3=O)cc2F)C=N1. The lowest BCUT2D eigenvalue weighted by molar-refractivity contribution is -0.132. The second-order valence-corrected chi connectivity index (χ2v) is 6.25. The number of anilines is 2. The number of nitrogens with one attached hydrogen (secondary N) is 1. The quantitative estimate of drug-likeness (QED) is 0.719. The smallest absolute Gasteiger partial charge is 0.414 e. The molecule has 1 atom stereocenters. The summed E-state index contributed by atoms with van der Waals surface area (Å²) in [6.07, 6.45) is -3.31. The summed E-state index contributed by atoms with van der Waals surface area (Å²) in [5, 5.41) is 7.61. The van der Waals surface area contributed by atoms with Crippen molar-refractivity contribution < 1.29 is 27.5 Å². The highest BCUT2D eigenvalue weighted by Gasteiger charge is 2.33. The van der Waals surface area contributed by atoms with Gasteiger partial charge in [0.25, 0.3) is 5.91 Å². The van der Waals surface area contributed by atoms with Crippen molar-refractivity contribution in [1.29, 1.82) is 0 Å². The number of alkyl halides is 2. The Morgan fingerprint density at radius 1 is 1.41 bits per heavy atom. The third kappa shape index (κ3) is 4.68. The maximum atomic E-state index is 14.6. The lowest BCUT2D eigenvalue weighted by Crippen LogP contribution is -2.38. The van der Waals surface area contributed by atoms with Gasteiger partial charge in [0.15, 0.2) is 0 Å². The summed E-state index contributed by atoms with van der Waals surface area (Å²) in [5.74, 6) is -2.04. The number of hydrogen-bond acceptors (Lipinski definition) is 6. The van der Waals surface area contributed by atoms with Gasteiger partial charge < -0.3 is 15.0 Å². The molecule has 3 rings (SSSR count). The largest absolute Gasteiger partial charge is 0.442 e. The number of halogens is 3. The fourth-order valence-corrected chi connectivity index (χ4v) is 2.87. The number of carbonyl (C=O) groups excluding carboxylic acids is 2. The number of amides is 2. The number of nitrogens with zero attached hydrogens (tertiary/aromatic N) is 5. The number of benzene rings is 1. The fraction of sp³-hybridized carbons (Fsp3) is 0.412. The molecular weight excluding hydrogens is 393 g/mol. The van der Waals surface area contributed by atoms with Crippen LogP contribution in [0, 0.1) is 12.4 Å². The van der Waals surface area contributed by atoms with Crippen LogP contribution < -0.4 is 15.1 Å². The average Bonchev–Trinajstić information content (AvgIpc) is 3.07. The van der Waals surface area contributed by atoms with Crippen molar-refractivity contribution in [3.8, 4) is 0 Å². The van der Waals surface area contributed by atoms with Crippen molar-refractivity contribution >= 4 is 29.7 Å². The molecule has 0 unspecified atom stereocenters. The van der Waals surface area contributed by atoms with Gasteiger partial charge in [-0.15, -0.1) is 0 Å². The molecule has 1 aromatic rings. The normalized spacial score (nSPS) is 18.8. The molecule has 0 aliphatic carbocycles. The maximum absolute atomic E-state index is 14.6.